The van der Waals surface area contributed by atoms with Gasteiger partial charge in [-0.25, -0.2) is 0 Å². The number of rotatable bonds is 1. The third-order valence-corrected chi connectivity index (χ3v) is 1.79. The molecule has 0 fully saturated rings. The summed E-state index contributed by atoms with van der Waals surface area (Å²) in [6.07, 6.45) is 4.07. The average Bonchev–Trinajstić information content (AvgIpc) is 2.17. The fourth-order valence-corrected chi connectivity index (χ4v) is 1.20. The monoisotopic (exact) mass is 164 g/mol. The molecule has 2 heterocycles. The minimum absolute atomic E-state index is 0.551. The van der Waals surface area contributed by atoms with Crippen molar-refractivity contribution in [3.63, 3.8) is 0 Å². The Labute approximate surface area is 69.8 Å². The summed E-state index contributed by atoms with van der Waals surface area (Å²) in [5, 5.41) is 0. The molecule has 0 aliphatic carbocycles. The molecule has 0 unspecified atom stereocenters. The zero-order valence-corrected chi connectivity index (χ0v) is 6.43. The van der Waals surface area contributed by atoms with Crippen molar-refractivity contribution in [2.75, 3.05) is 18.1 Å². The number of hydrogen-bond donors (Lipinski definition) is 0. The number of hydrogen-bond acceptors (Lipinski definition) is 3. The molecule has 0 spiro atoms. The van der Waals surface area contributed by atoms with Crippen molar-refractivity contribution >= 4 is 12.1 Å². The highest BCUT2D eigenvalue weighted by Crippen LogP contribution is 2.28. The molecule has 12 heavy (non-hydrogen) atoms. The molecule has 0 saturated heterocycles. The van der Waals surface area contributed by atoms with Crippen LogP contribution in [0, 0.1) is 0 Å². The van der Waals surface area contributed by atoms with Crippen LogP contribution in [0.1, 0.15) is 0 Å². The Morgan fingerprint density at radius 3 is 3.42 bits per heavy atom. The minimum Gasteiger partial charge on any atom is -0.489 e. The molecule has 0 bridgehead atoms. The van der Waals surface area contributed by atoms with Crippen LogP contribution in [0.3, 0.4) is 0 Å². The Hall–Kier alpha value is -1.58. The van der Waals surface area contributed by atoms with Crippen LogP contribution in [0.5, 0.6) is 5.75 Å². The number of anilines is 1. The maximum atomic E-state index is 10.6. The maximum Gasteiger partial charge on any atom is 0.214 e. The van der Waals surface area contributed by atoms with E-state index in [1.807, 2.05) is 0 Å². The van der Waals surface area contributed by atoms with Crippen molar-refractivity contribution in [3.05, 3.63) is 18.5 Å². The summed E-state index contributed by atoms with van der Waals surface area (Å²) in [7, 11) is 0. The van der Waals surface area contributed by atoms with Crippen LogP contribution >= 0.6 is 0 Å². The van der Waals surface area contributed by atoms with Gasteiger partial charge in [-0.15, -0.1) is 0 Å². The molecular weight excluding hydrogens is 156 g/mol. The Bertz CT molecular complexity index is 301. The quantitative estimate of drug-likeness (QED) is 0.565. The predicted octanol–water partition coefficient (Wildman–Crippen LogP) is 0.437. The number of ether oxygens (including phenoxy) is 1. The summed E-state index contributed by atoms with van der Waals surface area (Å²) < 4.78 is 5.31. The highest BCUT2D eigenvalue weighted by atomic mass is 16.5. The van der Waals surface area contributed by atoms with E-state index in [1.54, 1.807) is 23.4 Å². The smallest absolute Gasteiger partial charge is 0.214 e. The van der Waals surface area contributed by atoms with Gasteiger partial charge in [0, 0.05) is 12.3 Å². The van der Waals surface area contributed by atoms with Gasteiger partial charge in [0.05, 0.1) is 12.7 Å². The first-order valence-electron chi connectivity index (χ1n) is 3.70. The van der Waals surface area contributed by atoms with E-state index in [4.69, 9.17) is 4.74 Å². The molecule has 62 valence electrons. The van der Waals surface area contributed by atoms with Gasteiger partial charge in [-0.05, 0) is 0 Å². The van der Waals surface area contributed by atoms with Crippen LogP contribution in [-0.4, -0.2) is 24.5 Å². The number of aromatic nitrogens is 1. The second-order valence-corrected chi connectivity index (χ2v) is 2.49. The van der Waals surface area contributed by atoms with Crippen LogP contribution in [0.15, 0.2) is 18.5 Å². The molecule has 0 N–H and O–H groups in total. The molecular formula is C8H8N2O2. The van der Waals surface area contributed by atoms with Gasteiger partial charge in [-0.2, -0.15) is 0 Å². The number of pyridine rings is 1. The van der Waals surface area contributed by atoms with Crippen molar-refractivity contribution in [2.45, 2.75) is 0 Å². The van der Waals surface area contributed by atoms with Crippen molar-refractivity contribution in [1.29, 1.82) is 0 Å². The van der Waals surface area contributed by atoms with Crippen LogP contribution in [0.2, 0.25) is 0 Å². The highest BCUT2D eigenvalue weighted by molar-refractivity contribution is 5.78. The van der Waals surface area contributed by atoms with E-state index in [2.05, 4.69) is 4.98 Å². The Morgan fingerprint density at radius 2 is 2.58 bits per heavy atom. The van der Waals surface area contributed by atoms with E-state index in [1.165, 1.54) is 0 Å². The van der Waals surface area contributed by atoms with Gasteiger partial charge in [0.15, 0.2) is 0 Å². The number of carbonyl (C=O) groups excluding carboxylic acids is 1. The van der Waals surface area contributed by atoms with Gasteiger partial charge in [0.1, 0.15) is 18.0 Å². The van der Waals surface area contributed by atoms with Crippen molar-refractivity contribution in [1.82, 2.24) is 4.98 Å². The number of amides is 1. The van der Waals surface area contributed by atoms with Gasteiger partial charge in [-0.3, -0.25) is 9.78 Å². The van der Waals surface area contributed by atoms with E-state index in [9.17, 15) is 4.79 Å². The summed E-state index contributed by atoms with van der Waals surface area (Å²) in [6.45, 7) is 1.15. The zero-order valence-electron chi connectivity index (χ0n) is 6.43. The lowest BCUT2D eigenvalue weighted by Crippen LogP contribution is -2.31. The molecule has 4 nitrogen and oxygen atoms in total. The number of fused-ring (bicyclic) bond motifs is 1. The van der Waals surface area contributed by atoms with E-state index >= 15 is 0 Å². The third-order valence-electron chi connectivity index (χ3n) is 1.79. The number of nitrogens with zero attached hydrogens (tertiary/aromatic N) is 2. The SMILES string of the molecule is O=CN1CCOc2ccncc21. The Kier molecular flexibility index (Phi) is 1.66. The standard InChI is InChI=1S/C8H8N2O2/c11-6-10-3-4-12-8-1-2-9-5-7(8)10/h1-2,5-6H,3-4H2. The highest BCUT2D eigenvalue weighted by Gasteiger charge is 2.16. The Morgan fingerprint density at radius 1 is 1.67 bits per heavy atom. The molecule has 0 aromatic carbocycles. The van der Waals surface area contributed by atoms with Crippen molar-refractivity contribution < 1.29 is 9.53 Å². The molecule has 1 aromatic rings. The summed E-state index contributed by atoms with van der Waals surface area (Å²) in [5.41, 5.74) is 0.749. The first-order valence-corrected chi connectivity index (χ1v) is 3.70. The average molecular weight is 164 g/mol. The van der Waals surface area contributed by atoms with Gasteiger partial charge < -0.3 is 9.64 Å². The fraction of sp³-hybridized carbons (Fsp3) is 0.250. The normalized spacial score (nSPS) is 14.8. The maximum absolute atomic E-state index is 10.6. The third kappa shape index (κ3) is 1.01. The molecule has 1 aromatic heterocycles. The van der Waals surface area contributed by atoms with Crippen LogP contribution < -0.4 is 9.64 Å². The lowest BCUT2D eigenvalue weighted by molar-refractivity contribution is -0.107. The molecule has 4 heteroatoms. The van der Waals surface area contributed by atoms with Gasteiger partial charge in [0.25, 0.3) is 0 Å². The Balaban J connectivity index is 2.43. The van der Waals surface area contributed by atoms with Gasteiger partial charge in [-0.1, -0.05) is 0 Å². The summed E-state index contributed by atoms with van der Waals surface area (Å²) in [5.74, 6) is 0.725. The van der Waals surface area contributed by atoms with Gasteiger partial charge >= 0.3 is 0 Å². The summed E-state index contributed by atoms with van der Waals surface area (Å²) in [4.78, 5) is 16.1. The van der Waals surface area contributed by atoms with Crippen LogP contribution in [-0.2, 0) is 4.79 Å². The van der Waals surface area contributed by atoms with Crippen LogP contribution in [0.4, 0.5) is 5.69 Å². The second-order valence-electron chi connectivity index (χ2n) is 2.49. The minimum atomic E-state index is 0.551. The lowest BCUT2D eigenvalue weighted by Gasteiger charge is -2.25. The molecule has 0 atom stereocenters. The topological polar surface area (TPSA) is 42.4 Å². The zero-order chi connectivity index (χ0) is 8.39. The first-order chi connectivity index (χ1) is 5.92. The van der Waals surface area contributed by atoms with Crippen LogP contribution in [0.25, 0.3) is 0 Å². The second kappa shape index (κ2) is 2.81. The van der Waals surface area contributed by atoms with E-state index in [0.717, 1.165) is 17.8 Å². The molecule has 0 saturated carbocycles. The molecule has 1 amide bonds. The van der Waals surface area contributed by atoms with E-state index in [-0.39, 0.29) is 0 Å². The molecule has 1 aliphatic rings. The van der Waals surface area contributed by atoms with Gasteiger partial charge in [0.2, 0.25) is 6.41 Å². The number of carbonyl (C=O) groups is 1. The van der Waals surface area contributed by atoms with E-state index in [0.29, 0.717) is 13.2 Å². The van der Waals surface area contributed by atoms with Crippen molar-refractivity contribution in [2.24, 2.45) is 0 Å². The first kappa shape index (κ1) is 7.09. The molecule has 0 radical (unpaired) electrons. The summed E-state index contributed by atoms with van der Waals surface area (Å²) >= 11 is 0. The molecule has 2 rings (SSSR count). The van der Waals surface area contributed by atoms with E-state index < -0.39 is 0 Å². The van der Waals surface area contributed by atoms with Crippen molar-refractivity contribution in [3.8, 4) is 5.75 Å². The lowest BCUT2D eigenvalue weighted by atomic mass is 10.3. The molecule has 1 aliphatic heterocycles. The predicted molar refractivity (Wildman–Crippen MR) is 43.1 cm³/mol. The largest absolute Gasteiger partial charge is 0.489 e. The summed E-state index contributed by atoms with van der Waals surface area (Å²) in [6, 6.07) is 1.75. The fourth-order valence-electron chi connectivity index (χ4n) is 1.20.